The van der Waals surface area contributed by atoms with Gasteiger partial charge in [0.15, 0.2) is 0 Å². The minimum Gasteiger partial charge on any atom is -0.387 e. The van der Waals surface area contributed by atoms with Gasteiger partial charge in [-0.2, -0.15) is 0 Å². The predicted molar refractivity (Wildman–Crippen MR) is 113 cm³/mol. The maximum absolute atomic E-state index is 12.2. The fourth-order valence-electron chi connectivity index (χ4n) is 3.33. The maximum atomic E-state index is 12.2. The number of aliphatic hydroxyl groups is 1. The van der Waals surface area contributed by atoms with Crippen LogP contribution in [0.15, 0.2) is 47.4 Å². The molecule has 144 valence electrons. The highest BCUT2D eigenvalue weighted by molar-refractivity contribution is 7.99. The predicted octanol–water partition coefficient (Wildman–Crippen LogP) is 3.57. The molecule has 0 fully saturated rings. The number of aliphatic hydroxyl groups excluding tert-OH is 1. The molecule has 5 heteroatoms. The first kappa shape index (κ1) is 19.8. The van der Waals surface area contributed by atoms with Crippen LogP contribution in [-0.2, 0) is 17.6 Å². The molecule has 0 aliphatic carbocycles. The lowest BCUT2D eigenvalue weighted by atomic mass is 10.0. The summed E-state index contributed by atoms with van der Waals surface area (Å²) in [7, 11) is 2.08. The van der Waals surface area contributed by atoms with E-state index < -0.39 is 6.10 Å². The Morgan fingerprint density at radius 2 is 1.96 bits per heavy atom. The van der Waals surface area contributed by atoms with E-state index in [-0.39, 0.29) is 12.5 Å². The van der Waals surface area contributed by atoms with E-state index in [9.17, 15) is 9.90 Å². The minimum absolute atomic E-state index is 0.0702. The largest absolute Gasteiger partial charge is 0.387 e. The summed E-state index contributed by atoms with van der Waals surface area (Å²) in [6, 6.07) is 14.2. The molecule has 0 saturated heterocycles. The number of nitrogens with zero attached hydrogens (tertiary/aromatic N) is 1. The van der Waals surface area contributed by atoms with Crippen LogP contribution >= 0.6 is 11.8 Å². The van der Waals surface area contributed by atoms with Crippen molar-refractivity contribution in [3.05, 3.63) is 59.2 Å². The Labute approximate surface area is 166 Å². The van der Waals surface area contributed by atoms with Gasteiger partial charge >= 0.3 is 0 Å². The first-order chi connectivity index (χ1) is 12.9. The van der Waals surface area contributed by atoms with Crippen molar-refractivity contribution in [3.8, 4) is 0 Å². The van der Waals surface area contributed by atoms with E-state index in [1.165, 1.54) is 16.1 Å². The van der Waals surface area contributed by atoms with Crippen LogP contribution in [0.4, 0.5) is 5.69 Å². The number of nitrogens with one attached hydrogen (secondary N) is 1. The van der Waals surface area contributed by atoms with Gasteiger partial charge in [-0.25, -0.2) is 0 Å². The van der Waals surface area contributed by atoms with Crippen molar-refractivity contribution in [1.82, 2.24) is 5.32 Å². The van der Waals surface area contributed by atoms with Gasteiger partial charge in [0.2, 0.25) is 5.91 Å². The lowest BCUT2D eigenvalue weighted by Gasteiger charge is -2.15. The second-order valence-electron chi connectivity index (χ2n) is 7.37. The summed E-state index contributed by atoms with van der Waals surface area (Å²) in [6.07, 6.45) is 0.646. The van der Waals surface area contributed by atoms with Crippen molar-refractivity contribution in [2.75, 3.05) is 25.0 Å². The number of hydrogen-bond acceptors (Lipinski definition) is 4. The van der Waals surface area contributed by atoms with Crippen molar-refractivity contribution in [1.29, 1.82) is 0 Å². The van der Waals surface area contributed by atoms with Crippen LogP contribution in [0, 0.1) is 0 Å². The van der Waals surface area contributed by atoms with Crippen LogP contribution in [0.2, 0.25) is 0 Å². The average molecular weight is 385 g/mol. The van der Waals surface area contributed by atoms with Gasteiger partial charge < -0.3 is 15.3 Å². The molecule has 1 amide bonds. The van der Waals surface area contributed by atoms with Crippen molar-refractivity contribution in [3.63, 3.8) is 0 Å². The Balaban J connectivity index is 1.50. The van der Waals surface area contributed by atoms with E-state index in [2.05, 4.69) is 55.4 Å². The molecule has 27 heavy (non-hydrogen) atoms. The van der Waals surface area contributed by atoms with Crippen molar-refractivity contribution in [2.45, 2.75) is 42.9 Å². The van der Waals surface area contributed by atoms with Crippen LogP contribution < -0.4 is 10.2 Å². The van der Waals surface area contributed by atoms with E-state index in [1.54, 1.807) is 0 Å². The zero-order valence-corrected chi connectivity index (χ0v) is 17.1. The van der Waals surface area contributed by atoms with Gasteiger partial charge in [0, 0.05) is 36.0 Å². The summed E-state index contributed by atoms with van der Waals surface area (Å²) < 4.78 is 0. The number of rotatable bonds is 7. The number of carbonyl (C=O) groups excluding carboxylic acids is 1. The molecule has 2 N–H and O–H groups in total. The molecule has 0 saturated carbocycles. The van der Waals surface area contributed by atoms with Gasteiger partial charge in [0.1, 0.15) is 0 Å². The highest BCUT2D eigenvalue weighted by Crippen LogP contribution is 2.29. The molecule has 1 atom stereocenters. The van der Waals surface area contributed by atoms with Crippen LogP contribution in [0.1, 0.15) is 36.6 Å². The Morgan fingerprint density at radius 3 is 2.67 bits per heavy atom. The Kier molecular flexibility index (Phi) is 6.45. The third kappa shape index (κ3) is 5.27. The standard InChI is InChI=1S/C22H28N2O2S/c1-15(2)27-19-7-4-16(5-8-19)12-22(26)23-14-21(25)18-6-9-20-17(13-18)10-11-24(20)3/h4-9,13,15,21,25H,10-12,14H2,1-3H3,(H,23,26). The fourth-order valence-corrected chi connectivity index (χ4v) is 4.17. The molecule has 0 spiro atoms. The number of carbonyl (C=O) groups is 1. The highest BCUT2D eigenvalue weighted by Gasteiger charge is 2.18. The SMILES string of the molecule is CC(C)Sc1ccc(CC(=O)NCC(O)c2ccc3c(c2)CCN3C)cc1. The number of hydrogen-bond donors (Lipinski definition) is 2. The highest BCUT2D eigenvalue weighted by atomic mass is 32.2. The lowest BCUT2D eigenvalue weighted by molar-refractivity contribution is -0.120. The maximum Gasteiger partial charge on any atom is 0.224 e. The normalized spacial score (nSPS) is 14.3. The van der Waals surface area contributed by atoms with E-state index in [0.717, 1.165) is 24.1 Å². The summed E-state index contributed by atoms with van der Waals surface area (Å²) >= 11 is 1.81. The Hall–Kier alpha value is -1.98. The fraction of sp³-hybridized carbons (Fsp3) is 0.409. The van der Waals surface area contributed by atoms with E-state index in [1.807, 2.05) is 30.0 Å². The smallest absolute Gasteiger partial charge is 0.224 e. The zero-order chi connectivity index (χ0) is 19.4. The Morgan fingerprint density at radius 1 is 1.22 bits per heavy atom. The summed E-state index contributed by atoms with van der Waals surface area (Å²) in [5, 5.41) is 13.8. The van der Waals surface area contributed by atoms with Gasteiger partial charge in [0.05, 0.1) is 12.5 Å². The van der Waals surface area contributed by atoms with Crippen molar-refractivity contribution in [2.24, 2.45) is 0 Å². The molecule has 3 rings (SSSR count). The van der Waals surface area contributed by atoms with Crippen LogP contribution in [0.5, 0.6) is 0 Å². The summed E-state index contributed by atoms with van der Waals surface area (Å²) in [6.45, 7) is 5.57. The molecule has 1 unspecified atom stereocenters. The first-order valence-electron chi connectivity index (χ1n) is 9.46. The second kappa shape index (κ2) is 8.81. The van der Waals surface area contributed by atoms with Crippen LogP contribution in [0.25, 0.3) is 0 Å². The van der Waals surface area contributed by atoms with Gasteiger partial charge in [-0.05, 0) is 41.3 Å². The number of likely N-dealkylation sites (N-methyl/N-ethyl adjacent to an activating group) is 1. The van der Waals surface area contributed by atoms with Gasteiger partial charge in [-0.3, -0.25) is 4.79 Å². The van der Waals surface area contributed by atoms with Gasteiger partial charge in [-0.1, -0.05) is 38.1 Å². The molecule has 0 bridgehead atoms. The van der Waals surface area contributed by atoms with E-state index >= 15 is 0 Å². The monoisotopic (exact) mass is 384 g/mol. The zero-order valence-electron chi connectivity index (χ0n) is 16.2. The molecule has 0 radical (unpaired) electrons. The van der Waals surface area contributed by atoms with Crippen LogP contribution in [0.3, 0.4) is 0 Å². The average Bonchev–Trinajstić information content (AvgIpc) is 3.01. The van der Waals surface area contributed by atoms with Crippen molar-refractivity contribution >= 4 is 23.4 Å². The second-order valence-corrected chi connectivity index (χ2v) is 9.02. The first-order valence-corrected chi connectivity index (χ1v) is 10.3. The molecule has 2 aromatic rings. The molecule has 2 aromatic carbocycles. The number of fused-ring (bicyclic) bond motifs is 1. The minimum atomic E-state index is -0.685. The molecule has 1 aliphatic rings. The molecule has 0 aromatic heterocycles. The number of anilines is 1. The third-order valence-corrected chi connectivity index (χ3v) is 5.78. The molecular formula is C22H28N2O2S. The Bertz CT molecular complexity index is 789. The number of amides is 1. The van der Waals surface area contributed by atoms with Crippen molar-refractivity contribution < 1.29 is 9.90 Å². The molecule has 1 heterocycles. The number of benzene rings is 2. The van der Waals surface area contributed by atoms with E-state index in [4.69, 9.17) is 0 Å². The van der Waals surface area contributed by atoms with E-state index in [0.29, 0.717) is 11.7 Å². The third-order valence-electron chi connectivity index (χ3n) is 4.77. The number of thioether (sulfide) groups is 1. The quantitative estimate of drug-likeness (QED) is 0.717. The molecule has 4 nitrogen and oxygen atoms in total. The summed E-state index contributed by atoms with van der Waals surface area (Å²) in [5.74, 6) is -0.0702. The lowest BCUT2D eigenvalue weighted by Crippen LogP contribution is -2.29. The van der Waals surface area contributed by atoms with Crippen LogP contribution in [-0.4, -0.2) is 36.4 Å². The molecule has 1 aliphatic heterocycles. The van der Waals surface area contributed by atoms with Gasteiger partial charge in [-0.15, -0.1) is 11.8 Å². The van der Waals surface area contributed by atoms with Gasteiger partial charge in [0.25, 0.3) is 0 Å². The summed E-state index contributed by atoms with van der Waals surface area (Å²) in [4.78, 5) is 15.6. The topological polar surface area (TPSA) is 52.6 Å². The summed E-state index contributed by atoms with van der Waals surface area (Å²) in [5.41, 5.74) is 4.34. The molecular weight excluding hydrogens is 356 g/mol.